The molecule has 4 aromatic rings. The summed E-state index contributed by atoms with van der Waals surface area (Å²) in [7, 11) is 0. The topological polar surface area (TPSA) is 91.8 Å². The summed E-state index contributed by atoms with van der Waals surface area (Å²) < 4.78 is 57.6. The molecule has 37 heavy (non-hydrogen) atoms. The quantitative estimate of drug-likeness (QED) is 0.177. The van der Waals surface area contributed by atoms with E-state index in [0.29, 0.717) is 22.6 Å². The van der Waals surface area contributed by atoms with Gasteiger partial charge in [-0.3, -0.25) is 20.2 Å². The van der Waals surface area contributed by atoms with Gasteiger partial charge in [0.1, 0.15) is 11.6 Å². The number of thiophene rings is 1. The summed E-state index contributed by atoms with van der Waals surface area (Å²) in [6.07, 6.45) is -4.52. The lowest BCUT2D eigenvalue weighted by Crippen LogP contribution is -2.27. The Kier molecular flexibility index (Phi) is 7.35. The SMILES string of the molecule is Cc1nc(-c2cccc(F)c2)n(CCc2ccccc2)c(=O)c1-c1cc(C(=N)OC(=N)C(F)(F)F)cs1. The van der Waals surface area contributed by atoms with Gasteiger partial charge in [-0.15, -0.1) is 11.3 Å². The monoisotopic (exact) mass is 528 g/mol. The molecule has 0 aliphatic rings. The number of ether oxygens (including phenoxy) is 1. The minimum absolute atomic E-state index is 0.0159. The molecule has 0 bridgehead atoms. The van der Waals surface area contributed by atoms with E-state index < -0.39 is 29.3 Å². The zero-order chi connectivity index (χ0) is 26.7. The molecule has 0 radical (unpaired) electrons. The summed E-state index contributed by atoms with van der Waals surface area (Å²) in [5.74, 6) is -3.07. The number of nitrogens with one attached hydrogen (secondary N) is 2. The highest BCUT2D eigenvalue weighted by Gasteiger charge is 2.38. The first-order chi connectivity index (χ1) is 17.5. The predicted octanol–water partition coefficient (Wildman–Crippen LogP) is 6.21. The van der Waals surface area contributed by atoms with E-state index >= 15 is 0 Å². The van der Waals surface area contributed by atoms with Crippen molar-refractivity contribution in [3.63, 3.8) is 0 Å². The second-order valence-electron chi connectivity index (χ2n) is 8.06. The van der Waals surface area contributed by atoms with E-state index in [1.165, 1.54) is 34.2 Å². The van der Waals surface area contributed by atoms with Gasteiger partial charge in [-0.1, -0.05) is 42.5 Å². The number of alkyl halides is 3. The Morgan fingerprint density at radius 3 is 2.49 bits per heavy atom. The molecule has 0 saturated carbocycles. The molecule has 4 rings (SSSR count). The average molecular weight is 529 g/mol. The molecular formula is C26H20F4N4O2S. The van der Waals surface area contributed by atoms with Crippen LogP contribution in [-0.2, 0) is 17.7 Å². The third-order valence-electron chi connectivity index (χ3n) is 5.47. The van der Waals surface area contributed by atoms with Crippen molar-refractivity contribution in [1.82, 2.24) is 9.55 Å². The highest BCUT2D eigenvalue weighted by atomic mass is 32.1. The van der Waals surface area contributed by atoms with Gasteiger partial charge in [0, 0.05) is 27.9 Å². The number of nitrogens with zero attached hydrogens (tertiary/aromatic N) is 2. The normalized spacial score (nSPS) is 11.4. The Bertz CT molecular complexity index is 1530. The van der Waals surface area contributed by atoms with Crippen molar-refractivity contribution in [3.8, 4) is 21.8 Å². The summed E-state index contributed by atoms with van der Waals surface area (Å²) >= 11 is 1.04. The van der Waals surface area contributed by atoms with Gasteiger partial charge in [0.2, 0.25) is 5.90 Å². The highest BCUT2D eigenvalue weighted by Crippen LogP contribution is 2.29. The number of hydrogen-bond donors (Lipinski definition) is 2. The number of halogens is 4. The highest BCUT2D eigenvalue weighted by molar-refractivity contribution is 7.13. The molecule has 11 heteroatoms. The van der Waals surface area contributed by atoms with E-state index in [1.54, 1.807) is 13.0 Å². The zero-order valence-electron chi connectivity index (χ0n) is 19.4. The first kappa shape index (κ1) is 26.0. The van der Waals surface area contributed by atoms with Crippen LogP contribution in [0.15, 0.2) is 70.8 Å². The number of aromatic nitrogens is 2. The number of rotatable bonds is 6. The maximum absolute atomic E-state index is 14.0. The summed E-state index contributed by atoms with van der Waals surface area (Å²) in [4.78, 5) is 18.7. The van der Waals surface area contributed by atoms with Gasteiger partial charge in [-0.05, 0) is 37.1 Å². The van der Waals surface area contributed by atoms with Crippen LogP contribution >= 0.6 is 11.3 Å². The van der Waals surface area contributed by atoms with Gasteiger partial charge in [-0.25, -0.2) is 9.37 Å². The van der Waals surface area contributed by atoms with Crippen molar-refractivity contribution < 1.29 is 22.3 Å². The minimum atomic E-state index is -5.02. The van der Waals surface area contributed by atoms with E-state index in [1.807, 2.05) is 30.3 Å². The Labute approximate surface area is 212 Å². The van der Waals surface area contributed by atoms with Crippen molar-refractivity contribution in [2.45, 2.75) is 26.1 Å². The van der Waals surface area contributed by atoms with Gasteiger partial charge in [-0.2, -0.15) is 13.2 Å². The van der Waals surface area contributed by atoms with Crippen LogP contribution in [0.4, 0.5) is 17.6 Å². The molecule has 2 aromatic heterocycles. The lowest BCUT2D eigenvalue weighted by molar-refractivity contribution is -0.0727. The predicted molar refractivity (Wildman–Crippen MR) is 134 cm³/mol. The number of benzene rings is 2. The van der Waals surface area contributed by atoms with Crippen LogP contribution in [0.25, 0.3) is 21.8 Å². The fourth-order valence-corrected chi connectivity index (χ4v) is 4.67. The molecule has 6 nitrogen and oxygen atoms in total. The smallest absolute Gasteiger partial charge is 0.416 e. The minimum Gasteiger partial charge on any atom is -0.416 e. The molecule has 0 fully saturated rings. The van der Waals surface area contributed by atoms with Crippen LogP contribution in [-0.4, -0.2) is 27.5 Å². The van der Waals surface area contributed by atoms with Crippen molar-refractivity contribution >= 4 is 23.1 Å². The molecule has 0 atom stereocenters. The van der Waals surface area contributed by atoms with Crippen LogP contribution in [0.5, 0.6) is 0 Å². The van der Waals surface area contributed by atoms with Gasteiger partial charge in [0.15, 0.2) is 0 Å². The molecule has 0 saturated heterocycles. The fraction of sp³-hybridized carbons (Fsp3) is 0.154. The molecule has 0 aliphatic heterocycles. The number of aryl methyl sites for hydroxylation is 2. The Hall–Kier alpha value is -4.12. The van der Waals surface area contributed by atoms with Crippen LogP contribution < -0.4 is 5.56 Å². The summed E-state index contributed by atoms with van der Waals surface area (Å²) in [6.45, 7) is 1.86. The molecule has 0 aliphatic carbocycles. The van der Waals surface area contributed by atoms with Crippen LogP contribution in [0.2, 0.25) is 0 Å². The first-order valence-corrected chi connectivity index (χ1v) is 11.9. The maximum Gasteiger partial charge on any atom is 0.468 e. The van der Waals surface area contributed by atoms with Crippen molar-refractivity contribution in [1.29, 1.82) is 10.8 Å². The van der Waals surface area contributed by atoms with Crippen molar-refractivity contribution in [3.05, 3.63) is 99.0 Å². The summed E-state index contributed by atoms with van der Waals surface area (Å²) in [5.41, 5.74) is 1.53. The molecule has 0 amide bonds. The number of hydrogen-bond acceptors (Lipinski definition) is 6. The summed E-state index contributed by atoms with van der Waals surface area (Å²) in [6, 6.07) is 16.6. The second-order valence-corrected chi connectivity index (χ2v) is 8.97. The second kappa shape index (κ2) is 10.5. The third-order valence-corrected chi connectivity index (χ3v) is 6.42. The van der Waals surface area contributed by atoms with Gasteiger partial charge in [0.05, 0.1) is 11.3 Å². The van der Waals surface area contributed by atoms with E-state index in [0.717, 1.165) is 16.9 Å². The van der Waals surface area contributed by atoms with Crippen LogP contribution in [0, 0.1) is 23.6 Å². The molecular weight excluding hydrogens is 508 g/mol. The molecule has 0 unspecified atom stereocenters. The van der Waals surface area contributed by atoms with E-state index in [-0.39, 0.29) is 23.5 Å². The van der Waals surface area contributed by atoms with Crippen LogP contribution in [0.1, 0.15) is 16.8 Å². The maximum atomic E-state index is 14.0. The largest absolute Gasteiger partial charge is 0.468 e. The van der Waals surface area contributed by atoms with Gasteiger partial charge < -0.3 is 4.74 Å². The standard InChI is InChI=1S/C26H20F4N4O2S/c1-15-21(20-13-18(14-37-20)22(31)36-25(32)26(28,29)30)24(35)34(11-10-16-6-3-2-4-7-16)23(33-15)17-8-5-9-19(27)12-17/h2-9,12-14,31-32H,10-11H2,1H3. The summed E-state index contributed by atoms with van der Waals surface area (Å²) in [5, 5.41) is 16.1. The first-order valence-electron chi connectivity index (χ1n) is 11.0. The van der Waals surface area contributed by atoms with Crippen molar-refractivity contribution in [2.24, 2.45) is 0 Å². The van der Waals surface area contributed by atoms with Crippen molar-refractivity contribution in [2.75, 3.05) is 0 Å². The molecule has 2 N–H and O–H groups in total. The third kappa shape index (κ3) is 5.83. The van der Waals surface area contributed by atoms with E-state index in [4.69, 9.17) is 10.8 Å². The Morgan fingerprint density at radius 1 is 1.08 bits per heavy atom. The molecule has 0 spiro atoms. The van der Waals surface area contributed by atoms with Crippen LogP contribution in [0.3, 0.4) is 0 Å². The molecule has 2 aromatic carbocycles. The Balaban J connectivity index is 1.75. The van der Waals surface area contributed by atoms with Gasteiger partial charge in [0.25, 0.3) is 11.5 Å². The van der Waals surface area contributed by atoms with E-state index in [2.05, 4.69) is 9.72 Å². The van der Waals surface area contributed by atoms with E-state index in [9.17, 15) is 22.4 Å². The molecule has 2 heterocycles. The average Bonchev–Trinajstić information content (AvgIpc) is 3.33. The molecule has 190 valence electrons. The zero-order valence-corrected chi connectivity index (χ0v) is 20.2. The lowest BCUT2D eigenvalue weighted by atomic mass is 10.1. The fourth-order valence-electron chi connectivity index (χ4n) is 3.69. The lowest BCUT2D eigenvalue weighted by Gasteiger charge is -2.16. The van der Waals surface area contributed by atoms with Gasteiger partial charge >= 0.3 is 6.18 Å². The Morgan fingerprint density at radius 2 is 1.81 bits per heavy atom.